The van der Waals surface area contributed by atoms with Crippen LogP contribution in [-0.4, -0.2) is 47.4 Å². The SMILES string of the molecule is COc1ccc(OCCNC(=O)CN(c2c(C)cccc2C)S(C)(=O)=O)cc1. The number of ether oxygens (including phenoxy) is 2. The summed E-state index contributed by atoms with van der Waals surface area (Å²) in [6.07, 6.45) is 1.10. The average molecular weight is 407 g/mol. The van der Waals surface area contributed by atoms with Crippen LogP contribution in [-0.2, 0) is 14.8 Å². The topological polar surface area (TPSA) is 84.9 Å². The molecule has 7 nitrogen and oxygen atoms in total. The largest absolute Gasteiger partial charge is 0.497 e. The van der Waals surface area contributed by atoms with E-state index in [1.165, 1.54) is 0 Å². The summed E-state index contributed by atoms with van der Waals surface area (Å²) >= 11 is 0. The first-order valence-electron chi connectivity index (χ1n) is 8.80. The highest BCUT2D eigenvalue weighted by atomic mass is 32.2. The predicted octanol–water partition coefficient (Wildman–Crippen LogP) is 2.27. The Morgan fingerprint density at radius 2 is 1.61 bits per heavy atom. The smallest absolute Gasteiger partial charge is 0.240 e. The highest BCUT2D eigenvalue weighted by Gasteiger charge is 2.23. The molecule has 8 heteroatoms. The van der Waals surface area contributed by atoms with Crippen LogP contribution >= 0.6 is 0 Å². The Labute approximate surface area is 166 Å². The van der Waals surface area contributed by atoms with E-state index in [1.54, 1.807) is 31.4 Å². The second-order valence-electron chi connectivity index (χ2n) is 6.38. The number of nitrogens with one attached hydrogen (secondary N) is 1. The summed E-state index contributed by atoms with van der Waals surface area (Å²) in [5, 5.41) is 2.69. The summed E-state index contributed by atoms with van der Waals surface area (Å²) in [7, 11) is -2.02. The first-order valence-corrected chi connectivity index (χ1v) is 10.6. The zero-order valence-corrected chi connectivity index (χ0v) is 17.4. The number of sulfonamides is 1. The lowest BCUT2D eigenvalue weighted by Crippen LogP contribution is -2.42. The standard InChI is InChI=1S/C20H26N2O5S/c1-15-6-5-7-16(2)20(15)22(28(4,24)25)14-19(23)21-12-13-27-18-10-8-17(26-3)9-11-18/h5-11H,12-14H2,1-4H3,(H,21,23). The van der Waals surface area contributed by atoms with Gasteiger partial charge in [-0.3, -0.25) is 9.10 Å². The number of aryl methyl sites for hydroxylation is 2. The average Bonchev–Trinajstić information content (AvgIpc) is 2.64. The minimum absolute atomic E-state index is 0.259. The van der Waals surface area contributed by atoms with Gasteiger partial charge in [0.2, 0.25) is 15.9 Å². The van der Waals surface area contributed by atoms with Crippen LogP contribution in [0.1, 0.15) is 11.1 Å². The molecule has 28 heavy (non-hydrogen) atoms. The molecule has 0 saturated carbocycles. The number of carbonyl (C=O) groups excluding carboxylic acids is 1. The summed E-state index contributed by atoms with van der Waals surface area (Å²) in [6.45, 7) is 3.88. The Balaban J connectivity index is 1.93. The van der Waals surface area contributed by atoms with Crippen LogP contribution in [0.5, 0.6) is 11.5 Å². The minimum Gasteiger partial charge on any atom is -0.497 e. The van der Waals surface area contributed by atoms with Crippen molar-refractivity contribution >= 4 is 21.6 Å². The third-order valence-electron chi connectivity index (χ3n) is 4.13. The van der Waals surface area contributed by atoms with Crippen molar-refractivity contribution in [3.05, 3.63) is 53.6 Å². The Morgan fingerprint density at radius 3 is 2.14 bits per heavy atom. The van der Waals surface area contributed by atoms with Crippen molar-refractivity contribution in [3.63, 3.8) is 0 Å². The number of hydrogen-bond acceptors (Lipinski definition) is 5. The van der Waals surface area contributed by atoms with Gasteiger partial charge in [0.05, 0.1) is 25.6 Å². The Kier molecular flexibility index (Phi) is 7.28. The van der Waals surface area contributed by atoms with Gasteiger partial charge in [0.1, 0.15) is 24.7 Å². The Bertz CT molecular complexity index is 890. The van der Waals surface area contributed by atoms with E-state index in [0.29, 0.717) is 11.4 Å². The van der Waals surface area contributed by atoms with Gasteiger partial charge in [-0.15, -0.1) is 0 Å². The third kappa shape index (κ3) is 5.88. The van der Waals surface area contributed by atoms with E-state index < -0.39 is 15.9 Å². The fourth-order valence-electron chi connectivity index (χ4n) is 2.78. The van der Waals surface area contributed by atoms with Crippen molar-refractivity contribution in [2.24, 2.45) is 0 Å². The normalized spacial score (nSPS) is 11.0. The van der Waals surface area contributed by atoms with E-state index in [-0.39, 0.29) is 19.7 Å². The molecule has 0 aliphatic heterocycles. The molecule has 0 aliphatic rings. The molecule has 1 amide bonds. The Morgan fingerprint density at radius 1 is 1.04 bits per heavy atom. The Hall–Kier alpha value is -2.74. The monoisotopic (exact) mass is 406 g/mol. The quantitative estimate of drug-likeness (QED) is 0.646. The van der Waals surface area contributed by atoms with E-state index in [9.17, 15) is 13.2 Å². The van der Waals surface area contributed by atoms with Crippen molar-refractivity contribution < 1.29 is 22.7 Å². The molecule has 0 atom stereocenters. The fraction of sp³-hybridized carbons (Fsp3) is 0.350. The molecule has 0 saturated heterocycles. The second-order valence-corrected chi connectivity index (χ2v) is 8.29. The highest BCUT2D eigenvalue weighted by Crippen LogP contribution is 2.26. The van der Waals surface area contributed by atoms with E-state index in [1.807, 2.05) is 32.0 Å². The number of rotatable bonds is 9. The lowest BCUT2D eigenvalue weighted by Gasteiger charge is -2.25. The van der Waals surface area contributed by atoms with Gasteiger partial charge in [-0.2, -0.15) is 0 Å². The molecule has 2 aromatic rings. The van der Waals surface area contributed by atoms with Gasteiger partial charge in [0.15, 0.2) is 0 Å². The molecule has 0 radical (unpaired) electrons. The van der Waals surface area contributed by atoms with Gasteiger partial charge in [-0.1, -0.05) is 18.2 Å². The summed E-state index contributed by atoms with van der Waals surface area (Å²) in [5.41, 5.74) is 2.12. The van der Waals surface area contributed by atoms with Crippen molar-refractivity contribution in [2.75, 3.05) is 37.4 Å². The molecule has 0 aliphatic carbocycles. The number of nitrogens with zero attached hydrogens (tertiary/aromatic N) is 1. The molecule has 0 heterocycles. The van der Waals surface area contributed by atoms with Gasteiger partial charge in [-0.25, -0.2) is 8.42 Å². The van der Waals surface area contributed by atoms with Crippen LogP contribution in [0.3, 0.4) is 0 Å². The fourth-order valence-corrected chi connectivity index (χ4v) is 3.75. The molecule has 0 fully saturated rings. The minimum atomic E-state index is -3.61. The van der Waals surface area contributed by atoms with E-state index >= 15 is 0 Å². The highest BCUT2D eigenvalue weighted by molar-refractivity contribution is 7.92. The third-order valence-corrected chi connectivity index (χ3v) is 5.24. The lowest BCUT2D eigenvalue weighted by atomic mass is 10.1. The van der Waals surface area contributed by atoms with E-state index in [0.717, 1.165) is 27.4 Å². The molecule has 0 spiro atoms. The van der Waals surface area contributed by atoms with Crippen LogP contribution < -0.4 is 19.1 Å². The van der Waals surface area contributed by atoms with Gasteiger partial charge in [0.25, 0.3) is 0 Å². The van der Waals surface area contributed by atoms with Crippen molar-refractivity contribution in [2.45, 2.75) is 13.8 Å². The maximum absolute atomic E-state index is 12.3. The molecular weight excluding hydrogens is 380 g/mol. The van der Waals surface area contributed by atoms with Crippen LogP contribution in [0.4, 0.5) is 5.69 Å². The summed E-state index contributed by atoms with van der Waals surface area (Å²) in [5.74, 6) is 0.989. The number of hydrogen-bond donors (Lipinski definition) is 1. The molecule has 152 valence electrons. The maximum atomic E-state index is 12.3. The van der Waals surface area contributed by atoms with Gasteiger partial charge in [0, 0.05) is 0 Å². The summed E-state index contributed by atoms with van der Waals surface area (Å²) in [6, 6.07) is 12.6. The zero-order chi connectivity index (χ0) is 20.7. The first kappa shape index (κ1) is 21.6. The number of anilines is 1. The number of methoxy groups -OCH3 is 1. The van der Waals surface area contributed by atoms with Gasteiger partial charge in [-0.05, 0) is 49.2 Å². The molecule has 1 N–H and O–H groups in total. The number of amides is 1. The molecule has 0 unspecified atom stereocenters. The van der Waals surface area contributed by atoms with Gasteiger partial charge >= 0.3 is 0 Å². The lowest BCUT2D eigenvalue weighted by molar-refractivity contribution is -0.119. The number of carbonyl (C=O) groups is 1. The summed E-state index contributed by atoms with van der Waals surface area (Å²) < 4.78 is 36.3. The molecule has 2 rings (SSSR count). The van der Waals surface area contributed by atoms with Crippen LogP contribution in [0, 0.1) is 13.8 Å². The van der Waals surface area contributed by atoms with Crippen LogP contribution in [0.25, 0.3) is 0 Å². The van der Waals surface area contributed by atoms with Crippen molar-refractivity contribution in [1.82, 2.24) is 5.32 Å². The van der Waals surface area contributed by atoms with Crippen molar-refractivity contribution in [3.8, 4) is 11.5 Å². The summed E-state index contributed by atoms with van der Waals surface area (Å²) in [4.78, 5) is 12.3. The maximum Gasteiger partial charge on any atom is 0.240 e. The molecule has 2 aromatic carbocycles. The second kappa shape index (κ2) is 9.45. The van der Waals surface area contributed by atoms with Crippen molar-refractivity contribution in [1.29, 1.82) is 0 Å². The molecule has 0 bridgehead atoms. The number of para-hydroxylation sites is 1. The van der Waals surface area contributed by atoms with Crippen LogP contribution in [0.15, 0.2) is 42.5 Å². The molecular formula is C20H26N2O5S. The molecule has 0 aromatic heterocycles. The number of benzene rings is 2. The van der Waals surface area contributed by atoms with E-state index in [2.05, 4.69) is 5.32 Å². The first-order chi connectivity index (χ1) is 13.2. The van der Waals surface area contributed by atoms with E-state index in [4.69, 9.17) is 9.47 Å². The van der Waals surface area contributed by atoms with Gasteiger partial charge < -0.3 is 14.8 Å². The predicted molar refractivity (Wildman–Crippen MR) is 110 cm³/mol. The zero-order valence-electron chi connectivity index (χ0n) is 16.6. The van der Waals surface area contributed by atoms with Crippen LogP contribution in [0.2, 0.25) is 0 Å².